The van der Waals surface area contributed by atoms with Gasteiger partial charge in [-0.25, -0.2) is 0 Å². The number of carbonyl (C=O) groups is 2. The quantitative estimate of drug-likeness (QED) is 0.804. The molecule has 6 heteroatoms. The molecule has 0 aromatic heterocycles. The third-order valence-electron chi connectivity index (χ3n) is 3.45. The van der Waals surface area contributed by atoms with E-state index < -0.39 is 0 Å². The van der Waals surface area contributed by atoms with E-state index in [-0.39, 0.29) is 18.4 Å². The summed E-state index contributed by atoms with van der Waals surface area (Å²) in [5.41, 5.74) is 8.94. The van der Waals surface area contributed by atoms with Crippen molar-refractivity contribution in [2.45, 2.75) is 13.8 Å². The number of nitrogens with two attached hydrogens (primary N) is 1. The van der Waals surface area contributed by atoms with Crippen LogP contribution in [0.25, 0.3) is 0 Å². The van der Waals surface area contributed by atoms with Crippen LogP contribution in [0.15, 0.2) is 36.4 Å². The topological polar surface area (TPSA) is 84.2 Å². The second-order valence-electron chi connectivity index (χ2n) is 5.20. The number of nitrogens with one attached hydrogen (secondary N) is 2. The summed E-state index contributed by atoms with van der Waals surface area (Å²) in [4.78, 5) is 23.7. The van der Waals surface area contributed by atoms with Crippen LogP contribution in [0, 0.1) is 13.8 Å². The molecule has 5 nitrogen and oxygen atoms in total. The first-order valence-corrected chi connectivity index (χ1v) is 7.46. The first kappa shape index (κ1) is 17.0. The van der Waals surface area contributed by atoms with E-state index in [1.807, 2.05) is 26.0 Å². The Labute approximate surface area is 139 Å². The molecule has 0 radical (unpaired) electrons. The molecule has 0 aliphatic heterocycles. The van der Waals surface area contributed by atoms with Gasteiger partial charge in [0.2, 0.25) is 5.91 Å². The van der Waals surface area contributed by atoms with Crippen LogP contribution in [0.3, 0.4) is 0 Å². The Kier molecular flexibility index (Phi) is 5.36. The van der Waals surface area contributed by atoms with E-state index in [0.29, 0.717) is 22.0 Å². The second kappa shape index (κ2) is 7.26. The predicted octanol–water partition coefficient (Wildman–Crippen LogP) is 3.11. The van der Waals surface area contributed by atoms with Gasteiger partial charge in [0.25, 0.3) is 5.91 Å². The summed E-state index contributed by atoms with van der Waals surface area (Å²) >= 11 is 6.02. The number of benzene rings is 2. The second-order valence-corrected chi connectivity index (χ2v) is 5.61. The molecule has 0 aliphatic rings. The summed E-state index contributed by atoms with van der Waals surface area (Å²) in [7, 11) is 0. The summed E-state index contributed by atoms with van der Waals surface area (Å²) in [6, 6.07) is 10.4. The number of hydrogen-bond donors (Lipinski definition) is 3. The lowest BCUT2D eigenvalue weighted by Gasteiger charge is -2.11. The van der Waals surface area contributed by atoms with Crippen LogP contribution < -0.4 is 16.4 Å². The lowest BCUT2D eigenvalue weighted by Crippen LogP contribution is -2.22. The summed E-state index contributed by atoms with van der Waals surface area (Å²) in [5.74, 6) is -0.587. The fourth-order valence-electron chi connectivity index (χ4n) is 1.99. The zero-order valence-electron chi connectivity index (χ0n) is 12.9. The highest BCUT2D eigenvalue weighted by molar-refractivity contribution is 6.34. The van der Waals surface area contributed by atoms with E-state index in [9.17, 15) is 9.59 Å². The van der Waals surface area contributed by atoms with Crippen LogP contribution >= 0.6 is 11.6 Å². The van der Waals surface area contributed by atoms with Crippen molar-refractivity contribution < 1.29 is 9.59 Å². The van der Waals surface area contributed by atoms with Gasteiger partial charge >= 0.3 is 0 Å². The van der Waals surface area contributed by atoms with E-state index in [0.717, 1.165) is 11.1 Å². The van der Waals surface area contributed by atoms with Gasteiger partial charge in [-0.05, 0) is 55.3 Å². The number of halogens is 1. The number of hydrogen-bond acceptors (Lipinski definition) is 3. The zero-order valence-corrected chi connectivity index (χ0v) is 13.7. The van der Waals surface area contributed by atoms with Crippen LogP contribution in [0.1, 0.15) is 21.5 Å². The minimum atomic E-state index is -0.357. The highest BCUT2D eigenvalue weighted by Gasteiger charge is 2.10. The van der Waals surface area contributed by atoms with E-state index >= 15 is 0 Å². The molecule has 0 atom stereocenters. The number of aryl methyl sites for hydroxylation is 2. The molecule has 120 valence electrons. The monoisotopic (exact) mass is 331 g/mol. The molecule has 0 heterocycles. The van der Waals surface area contributed by atoms with Crippen molar-refractivity contribution in [2.75, 3.05) is 17.2 Å². The molecule has 0 spiro atoms. The van der Waals surface area contributed by atoms with Crippen LogP contribution in [-0.2, 0) is 4.79 Å². The summed E-state index contributed by atoms with van der Waals surface area (Å²) in [6.07, 6.45) is 0. The van der Waals surface area contributed by atoms with Crippen molar-refractivity contribution in [3.63, 3.8) is 0 Å². The van der Waals surface area contributed by atoms with E-state index in [4.69, 9.17) is 17.3 Å². The minimum Gasteiger partial charge on any atom is -0.324 e. The Morgan fingerprint density at radius 3 is 2.43 bits per heavy atom. The Morgan fingerprint density at radius 2 is 1.78 bits per heavy atom. The number of amides is 2. The maximum absolute atomic E-state index is 12.3. The SMILES string of the molecule is Cc1ccc(C(=O)Nc2ccc(Cl)c(NC(=O)CN)c2)cc1C. The smallest absolute Gasteiger partial charge is 0.255 e. The van der Waals surface area contributed by atoms with Gasteiger partial charge in [-0.3, -0.25) is 9.59 Å². The number of anilines is 2. The Morgan fingerprint density at radius 1 is 1.04 bits per heavy atom. The van der Waals surface area contributed by atoms with Crippen LogP contribution in [0.5, 0.6) is 0 Å². The van der Waals surface area contributed by atoms with E-state index in [2.05, 4.69) is 10.6 Å². The van der Waals surface area contributed by atoms with Crippen molar-refractivity contribution in [3.8, 4) is 0 Å². The molecule has 4 N–H and O–H groups in total. The third-order valence-corrected chi connectivity index (χ3v) is 3.78. The van der Waals surface area contributed by atoms with Gasteiger partial charge in [-0.1, -0.05) is 17.7 Å². The Bertz CT molecular complexity index is 759. The molecule has 0 bridgehead atoms. The Hall–Kier alpha value is -2.37. The highest BCUT2D eigenvalue weighted by Crippen LogP contribution is 2.26. The molecule has 0 fully saturated rings. The van der Waals surface area contributed by atoms with Gasteiger partial charge in [0.15, 0.2) is 0 Å². The first-order valence-electron chi connectivity index (χ1n) is 7.09. The molecule has 0 aliphatic carbocycles. The van der Waals surface area contributed by atoms with Crippen LogP contribution in [0.2, 0.25) is 5.02 Å². The van der Waals surface area contributed by atoms with Crippen molar-refractivity contribution >= 4 is 34.8 Å². The van der Waals surface area contributed by atoms with Gasteiger partial charge in [-0.2, -0.15) is 0 Å². The lowest BCUT2D eigenvalue weighted by atomic mass is 10.1. The summed E-state index contributed by atoms with van der Waals surface area (Å²) in [6.45, 7) is 3.80. The van der Waals surface area contributed by atoms with Crippen molar-refractivity contribution in [1.29, 1.82) is 0 Å². The number of rotatable bonds is 4. The molecule has 2 aromatic rings. The van der Waals surface area contributed by atoms with Crippen molar-refractivity contribution in [1.82, 2.24) is 0 Å². The van der Waals surface area contributed by atoms with Crippen LogP contribution in [0.4, 0.5) is 11.4 Å². The van der Waals surface area contributed by atoms with E-state index in [1.165, 1.54) is 0 Å². The minimum absolute atomic E-state index is 0.143. The molecule has 23 heavy (non-hydrogen) atoms. The highest BCUT2D eigenvalue weighted by atomic mass is 35.5. The standard InChI is InChI=1S/C17H18ClN3O2/c1-10-3-4-12(7-11(10)2)17(23)20-13-5-6-14(18)15(8-13)21-16(22)9-19/h3-8H,9,19H2,1-2H3,(H,20,23)(H,21,22). The lowest BCUT2D eigenvalue weighted by molar-refractivity contribution is -0.114. The average Bonchev–Trinajstić information content (AvgIpc) is 2.53. The molecule has 0 unspecified atom stereocenters. The van der Waals surface area contributed by atoms with Gasteiger partial charge < -0.3 is 16.4 Å². The first-order chi connectivity index (χ1) is 10.9. The molecular weight excluding hydrogens is 314 g/mol. The van der Waals surface area contributed by atoms with Gasteiger partial charge in [0.05, 0.1) is 17.3 Å². The maximum atomic E-state index is 12.3. The molecule has 0 saturated heterocycles. The fraction of sp³-hybridized carbons (Fsp3) is 0.176. The average molecular weight is 332 g/mol. The zero-order chi connectivity index (χ0) is 17.0. The van der Waals surface area contributed by atoms with Crippen molar-refractivity contribution in [2.24, 2.45) is 5.73 Å². The normalized spacial score (nSPS) is 10.3. The summed E-state index contributed by atoms with van der Waals surface area (Å²) < 4.78 is 0. The maximum Gasteiger partial charge on any atom is 0.255 e. The molecule has 0 saturated carbocycles. The largest absolute Gasteiger partial charge is 0.324 e. The van der Waals surface area contributed by atoms with Crippen LogP contribution in [-0.4, -0.2) is 18.4 Å². The molecule has 2 amide bonds. The Balaban J connectivity index is 2.19. The van der Waals surface area contributed by atoms with Crippen molar-refractivity contribution in [3.05, 3.63) is 58.1 Å². The molecule has 2 rings (SSSR count). The molecule has 2 aromatic carbocycles. The third kappa shape index (κ3) is 4.31. The van der Waals surface area contributed by atoms with Gasteiger partial charge in [-0.15, -0.1) is 0 Å². The van der Waals surface area contributed by atoms with Gasteiger partial charge in [0.1, 0.15) is 0 Å². The van der Waals surface area contributed by atoms with Gasteiger partial charge in [0, 0.05) is 11.3 Å². The molecular formula is C17H18ClN3O2. The number of carbonyl (C=O) groups excluding carboxylic acids is 2. The predicted molar refractivity (Wildman–Crippen MR) is 93.0 cm³/mol. The summed E-state index contributed by atoms with van der Waals surface area (Å²) in [5, 5.41) is 5.74. The fourth-order valence-corrected chi connectivity index (χ4v) is 2.15. The van der Waals surface area contributed by atoms with E-state index in [1.54, 1.807) is 24.3 Å².